The number of rotatable bonds is 6. The maximum atomic E-state index is 10.3. The van der Waals surface area contributed by atoms with Crippen molar-refractivity contribution in [3.05, 3.63) is 35.9 Å². The number of likely N-dealkylation sites (tertiary alicyclic amines) is 1. The standard InChI is InChI=1S/C21H34N2O/c1-17-7-5-6-10-21(17)23-13-11-19(12-14-23)22-16-20(24)15-18-8-3-2-4-9-18/h2-4,8-9,17,19-22,24H,5-7,10-16H2,1H3. The molecule has 2 fully saturated rings. The zero-order valence-electron chi connectivity index (χ0n) is 15.2. The molecule has 1 heterocycles. The summed E-state index contributed by atoms with van der Waals surface area (Å²) in [7, 11) is 0. The normalized spacial score (nSPS) is 27.9. The molecule has 2 aliphatic rings. The fraction of sp³-hybridized carbons (Fsp3) is 0.714. The van der Waals surface area contributed by atoms with Gasteiger partial charge in [0, 0.05) is 18.6 Å². The van der Waals surface area contributed by atoms with E-state index in [1.807, 2.05) is 18.2 Å². The van der Waals surface area contributed by atoms with Crippen molar-refractivity contribution in [3.8, 4) is 0 Å². The zero-order valence-corrected chi connectivity index (χ0v) is 15.2. The van der Waals surface area contributed by atoms with E-state index in [1.54, 1.807) is 0 Å². The Morgan fingerprint density at radius 1 is 1.08 bits per heavy atom. The predicted octanol–water partition coefficient (Wildman–Crippen LogP) is 3.22. The highest BCUT2D eigenvalue weighted by Gasteiger charge is 2.30. The van der Waals surface area contributed by atoms with E-state index in [2.05, 4.69) is 29.3 Å². The molecule has 1 aromatic carbocycles. The molecule has 0 spiro atoms. The summed E-state index contributed by atoms with van der Waals surface area (Å²) >= 11 is 0. The average molecular weight is 331 g/mol. The van der Waals surface area contributed by atoms with Gasteiger partial charge >= 0.3 is 0 Å². The molecule has 1 saturated carbocycles. The van der Waals surface area contributed by atoms with Crippen molar-refractivity contribution in [2.24, 2.45) is 5.92 Å². The van der Waals surface area contributed by atoms with Crippen molar-refractivity contribution >= 4 is 0 Å². The molecular formula is C21H34N2O. The van der Waals surface area contributed by atoms with Crippen LogP contribution in [0.3, 0.4) is 0 Å². The Bertz CT molecular complexity index is 470. The third kappa shape index (κ3) is 5.05. The van der Waals surface area contributed by atoms with Crippen molar-refractivity contribution in [3.63, 3.8) is 0 Å². The van der Waals surface area contributed by atoms with Crippen molar-refractivity contribution in [1.82, 2.24) is 10.2 Å². The molecular weight excluding hydrogens is 296 g/mol. The minimum absolute atomic E-state index is 0.288. The van der Waals surface area contributed by atoms with Crippen LogP contribution in [0.15, 0.2) is 30.3 Å². The van der Waals surface area contributed by atoms with Crippen LogP contribution in [0.5, 0.6) is 0 Å². The lowest BCUT2D eigenvalue weighted by molar-refractivity contribution is 0.0780. The van der Waals surface area contributed by atoms with Crippen molar-refractivity contribution < 1.29 is 5.11 Å². The summed E-state index contributed by atoms with van der Waals surface area (Å²) in [5.74, 6) is 0.871. The van der Waals surface area contributed by atoms with Crippen LogP contribution in [0, 0.1) is 5.92 Å². The number of aliphatic hydroxyl groups is 1. The van der Waals surface area contributed by atoms with Gasteiger partial charge in [0.1, 0.15) is 0 Å². The van der Waals surface area contributed by atoms with Gasteiger partial charge < -0.3 is 15.3 Å². The van der Waals surface area contributed by atoms with Crippen LogP contribution in [0.2, 0.25) is 0 Å². The van der Waals surface area contributed by atoms with E-state index in [-0.39, 0.29) is 6.10 Å². The Balaban J connectivity index is 1.36. The fourth-order valence-corrected chi connectivity index (χ4v) is 4.54. The van der Waals surface area contributed by atoms with Gasteiger partial charge in [-0.05, 0) is 56.7 Å². The molecule has 0 radical (unpaired) electrons. The lowest BCUT2D eigenvalue weighted by atomic mass is 9.84. The molecule has 2 N–H and O–H groups in total. The molecule has 3 heteroatoms. The first-order valence-corrected chi connectivity index (χ1v) is 9.92. The Morgan fingerprint density at radius 3 is 2.50 bits per heavy atom. The van der Waals surface area contributed by atoms with E-state index < -0.39 is 0 Å². The van der Waals surface area contributed by atoms with Gasteiger partial charge in [0.25, 0.3) is 0 Å². The summed E-state index contributed by atoms with van der Waals surface area (Å²) in [6.07, 6.45) is 8.55. The highest BCUT2D eigenvalue weighted by Crippen LogP contribution is 2.29. The maximum Gasteiger partial charge on any atom is 0.0704 e. The second-order valence-electron chi connectivity index (χ2n) is 7.89. The van der Waals surface area contributed by atoms with Crippen molar-refractivity contribution in [1.29, 1.82) is 0 Å². The van der Waals surface area contributed by atoms with Gasteiger partial charge in [-0.2, -0.15) is 0 Å². The Hall–Kier alpha value is -0.900. The number of aliphatic hydroxyl groups excluding tert-OH is 1. The van der Waals surface area contributed by atoms with Crippen LogP contribution in [0.25, 0.3) is 0 Å². The first-order chi connectivity index (χ1) is 11.7. The van der Waals surface area contributed by atoms with Gasteiger partial charge in [-0.25, -0.2) is 0 Å². The van der Waals surface area contributed by atoms with Crippen LogP contribution < -0.4 is 5.32 Å². The average Bonchev–Trinajstić information content (AvgIpc) is 2.62. The highest BCUT2D eigenvalue weighted by atomic mass is 16.3. The second-order valence-corrected chi connectivity index (χ2v) is 7.89. The van der Waals surface area contributed by atoms with E-state index in [0.29, 0.717) is 12.6 Å². The van der Waals surface area contributed by atoms with E-state index in [0.717, 1.165) is 18.4 Å². The quantitative estimate of drug-likeness (QED) is 0.841. The number of nitrogens with one attached hydrogen (secondary N) is 1. The van der Waals surface area contributed by atoms with E-state index in [1.165, 1.54) is 57.2 Å². The first kappa shape index (κ1) is 17.9. The highest BCUT2D eigenvalue weighted by molar-refractivity contribution is 5.15. The summed E-state index contributed by atoms with van der Waals surface area (Å²) in [4.78, 5) is 2.74. The third-order valence-corrected chi connectivity index (χ3v) is 6.02. The lowest BCUT2D eigenvalue weighted by Gasteiger charge is -2.42. The van der Waals surface area contributed by atoms with Crippen LogP contribution >= 0.6 is 0 Å². The molecule has 1 aliphatic carbocycles. The molecule has 3 atom stereocenters. The summed E-state index contributed by atoms with van der Waals surface area (Å²) in [6, 6.07) is 11.7. The summed E-state index contributed by atoms with van der Waals surface area (Å²) < 4.78 is 0. The molecule has 3 rings (SSSR count). The number of piperidine rings is 1. The number of nitrogens with zero attached hydrogens (tertiary/aromatic N) is 1. The Labute approximate surface area is 147 Å². The van der Waals surface area contributed by atoms with Crippen LogP contribution in [0.4, 0.5) is 0 Å². The van der Waals surface area contributed by atoms with Crippen LogP contribution in [0.1, 0.15) is 51.0 Å². The maximum absolute atomic E-state index is 10.3. The molecule has 24 heavy (non-hydrogen) atoms. The van der Waals surface area contributed by atoms with Crippen LogP contribution in [-0.4, -0.2) is 47.8 Å². The second kappa shape index (κ2) is 8.98. The molecule has 1 saturated heterocycles. The molecule has 1 aromatic rings. The Morgan fingerprint density at radius 2 is 1.79 bits per heavy atom. The van der Waals surface area contributed by atoms with Gasteiger partial charge in [0.2, 0.25) is 0 Å². The number of hydrogen-bond acceptors (Lipinski definition) is 3. The van der Waals surface area contributed by atoms with Gasteiger partial charge in [-0.1, -0.05) is 50.1 Å². The summed E-state index contributed by atoms with van der Waals surface area (Å²) in [5.41, 5.74) is 1.22. The summed E-state index contributed by atoms with van der Waals surface area (Å²) in [6.45, 7) is 5.59. The lowest BCUT2D eigenvalue weighted by Crippen LogP contribution is -2.50. The Kier molecular flexibility index (Phi) is 6.70. The molecule has 1 aliphatic heterocycles. The SMILES string of the molecule is CC1CCCCC1N1CCC(NCC(O)Cc2ccccc2)CC1. The van der Waals surface area contributed by atoms with Gasteiger partial charge in [0.05, 0.1) is 6.10 Å². The largest absolute Gasteiger partial charge is 0.391 e. The van der Waals surface area contributed by atoms with Crippen LogP contribution in [-0.2, 0) is 6.42 Å². The van der Waals surface area contributed by atoms with E-state index >= 15 is 0 Å². The molecule has 3 unspecified atom stereocenters. The predicted molar refractivity (Wildman–Crippen MR) is 100 cm³/mol. The van der Waals surface area contributed by atoms with Gasteiger partial charge in [-0.15, -0.1) is 0 Å². The minimum atomic E-state index is -0.288. The van der Waals surface area contributed by atoms with Gasteiger partial charge in [0.15, 0.2) is 0 Å². The molecule has 0 aromatic heterocycles. The van der Waals surface area contributed by atoms with E-state index in [9.17, 15) is 5.11 Å². The third-order valence-electron chi connectivity index (χ3n) is 6.02. The topological polar surface area (TPSA) is 35.5 Å². The first-order valence-electron chi connectivity index (χ1n) is 9.92. The molecule has 134 valence electrons. The monoisotopic (exact) mass is 330 g/mol. The smallest absolute Gasteiger partial charge is 0.0704 e. The fourth-order valence-electron chi connectivity index (χ4n) is 4.54. The number of benzene rings is 1. The van der Waals surface area contributed by atoms with Crippen molar-refractivity contribution in [2.75, 3.05) is 19.6 Å². The van der Waals surface area contributed by atoms with Gasteiger partial charge in [-0.3, -0.25) is 0 Å². The molecule has 3 nitrogen and oxygen atoms in total. The van der Waals surface area contributed by atoms with Crippen molar-refractivity contribution in [2.45, 2.75) is 70.1 Å². The number of hydrogen-bond donors (Lipinski definition) is 2. The van der Waals surface area contributed by atoms with E-state index in [4.69, 9.17) is 0 Å². The molecule has 0 bridgehead atoms. The summed E-state index contributed by atoms with van der Waals surface area (Å²) in [5, 5.41) is 13.9. The molecule has 0 amide bonds. The zero-order chi connectivity index (χ0) is 16.8. The minimum Gasteiger partial charge on any atom is -0.391 e.